The van der Waals surface area contributed by atoms with Crippen molar-refractivity contribution in [3.8, 4) is 0 Å². The second-order valence-corrected chi connectivity index (χ2v) is 3.70. The molecule has 0 aliphatic rings. The van der Waals surface area contributed by atoms with Gasteiger partial charge < -0.3 is 10.2 Å². The van der Waals surface area contributed by atoms with Crippen molar-refractivity contribution in [2.75, 3.05) is 6.54 Å². The summed E-state index contributed by atoms with van der Waals surface area (Å²) < 4.78 is 5.55. The number of nitrogens with zero attached hydrogens (tertiary/aromatic N) is 1. The number of nitrogens with two attached hydrogens (primary N) is 1. The molecule has 2 aromatic rings. The fourth-order valence-electron chi connectivity index (χ4n) is 1.70. The Morgan fingerprint density at radius 2 is 2.20 bits per heavy atom. The lowest BCUT2D eigenvalue weighted by Gasteiger charge is -1.95. The molecule has 0 bridgehead atoms. The molecule has 1 aromatic heterocycles. The SMILES string of the molecule is CCCc1ccc2oc(CCN)nc2c1. The van der Waals surface area contributed by atoms with E-state index in [1.165, 1.54) is 5.56 Å². The normalized spacial score (nSPS) is 11.1. The summed E-state index contributed by atoms with van der Waals surface area (Å²) in [5, 5.41) is 0. The highest BCUT2D eigenvalue weighted by Gasteiger charge is 2.05. The fourth-order valence-corrected chi connectivity index (χ4v) is 1.70. The molecule has 0 spiro atoms. The van der Waals surface area contributed by atoms with Gasteiger partial charge in [-0.2, -0.15) is 0 Å². The third-order valence-electron chi connectivity index (χ3n) is 2.39. The Kier molecular flexibility index (Phi) is 3.02. The number of oxazole rings is 1. The first kappa shape index (κ1) is 10.2. The van der Waals surface area contributed by atoms with Crippen LogP contribution in [0.5, 0.6) is 0 Å². The summed E-state index contributed by atoms with van der Waals surface area (Å²) in [7, 11) is 0. The molecule has 0 saturated carbocycles. The monoisotopic (exact) mass is 204 g/mol. The topological polar surface area (TPSA) is 52.0 Å². The van der Waals surface area contributed by atoms with Gasteiger partial charge in [-0.3, -0.25) is 0 Å². The zero-order valence-electron chi connectivity index (χ0n) is 8.99. The molecule has 0 saturated heterocycles. The average molecular weight is 204 g/mol. The van der Waals surface area contributed by atoms with E-state index in [0.29, 0.717) is 13.0 Å². The van der Waals surface area contributed by atoms with E-state index in [2.05, 4.69) is 24.0 Å². The molecule has 0 fully saturated rings. The van der Waals surface area contributed by atoms with Gasteiger partial charge in [-0.05, 0) is 24.1 Å². The minimum atomic E-state index is 0.578. The summed E-state index contributed by atoms with van der Waals surface area (Å²) in [6.45, 7) is 2.75. The second-order valence-electron chi connectivity index (χ2n) is 3.70. The lowest BCUT2D eigenvalue weighted by molar-refractivity contribution is 0.531. The van der Waals surface area contributed by atoms with Gasteiger partial charge in [0, 0.05) is 13.0 Å². The standard InChI is InChI=1S/C12H16N2O/c1-2-3-9-4-5-11-10(8-9)14-12(15-11)6-7-13/h4-5,8H,2-3,6-7,13H2,1H3. The molecule has 0 radical (unpaired) electrons. The summed E-state index contributed by atoms with van der Waals surface area (Å²) in [5.41, 5.74) is 8.59. The van der Waals surface area contributed by atoms with Gasteiger partial charge in [-0.15, -0.1) is 0 Å². The van der Waals surface area contributed by atoms with E-state index in [-0.39, 0.29) is 0 Å². The van der Waals surface area contributed by atoms with E-state index in [9.17, 15) is 0 Å². The average Bonchev–Trinajstić information content (AvgIpc) is 2.60. The van der Waals surface area contributed by atoms with Crippen LogP contribution in [0.25, 0.3) is 11.1 Å². The van der Waals surface area contributed by atoms with Crippen LogP contribution in [0.3, 0.4) is 0 Å². The summed E-state index contributed by atoms with van der Waals surface area (Å²) in [5.74, 6) is 0.737. The predicted molar refractivity (Wildman–Crippen MR) is 60.8 cm³/mol. The van der Waals surface area contributed by atoms with Gasteiger partial charge in [0.2, 0.25) is 0 Å². The van der Waals surface area contributed by atoms with Crippen LogP contribution in [0.2, 0.25) is 0 Å². The zero-order chi connectivity index (χ0) is 10.7. The van der Waals surface area contributed by atoms with Crippen LogP contribution >= 0.6 is 0 Å². The van der Waals surface area contributed by atoms with Crippen LogP contribution in [-0.2, 0) is 12.8 Å². The van der Waals surface area contributed by atoms with Crippen molar-refractivity contribution in [2.45, 2.75) is 26.2 Å². The third-order valence-corrected chi connectivity index (χ3v) is 2.39. The largest absolute Gasteiger partial charge is 0.441 e. The molecule has 1 heterocycles. The van der Waals surface area contributed by atoms with Crippen LogP contribution < -0.4 is 5.73 Å². The molecule has 3 heteroatoms. The van der Waals surface area contributed by atoms with Crippen molar-refractivity contribution in [2.24, 2.45) is 5.73 Å². The van der Waals surface area contributed by atoms with Gasteiger partial charge in [-0.25, -0.2) is 4.98 Å². The molecule has 0 atom stereocenters. The van der Waals surface area contributed by atoms with E-state index >= 15 is 0 Å². The first-order valence-corrected chi connectivity index (χ1v) is 5.42. The van der Waals surface area contributed by atoms with Crippen LogP contribution in [0.1, 0.15) is 24.8 Å². The lowest BCUT2D eigenvalue weighted by atomic mass is 10.1. The van der Waals surface area contributed by atoms with Crippen molar-refractivity contribution in [1.82, 2.24) is 4.98 Å². The number of hydrogen-bond donors (Lipinski definition) is 1. The highest BCUT2D eigenvalue weighted by Crippen LogP contribution is 2.18. The number of hydrogen-bond acceptors (Lipinski definition) is 3. The molecule has 0 aliphatic heterocycles. The Hall–Kier alpha value is -1.35. The highest BCUT2D eigenvalue weighted by molar-refractivity contribution is 5.73. The van der Waals surface area contributed by atoms with Crippen LogP contribution in [0, 0.1) is 0 Å². The lowest BCUT2D eigenvalue weighted by Crippen LogP contribution is -2.02. The van der Waals surface area contributed by atoms with Crippen molar-refractivity contribution >= 4 is 11.1 Å². The fraction of sp³-hybridized carbons (Fsp3) is 0.417. The van der Waals surface area contributed by atoms with E-state index in [0.717, 1.165) is 29.8 Å². The number of benzene rings is 1. The Labute approximate surface area is 89.3 Å². The quantitative estimate of drug-likeness (QED) is 0.831. The van der Waals surface area contributed by atoms with Crippen molar-refractivity contribution in [1.29, 1.82) is 0 Å². The minimum Gasteiger partial charge on any atom is -0.441 e. The summed E-state index contributed by atoms with van der Waals surface area (Å²) in [6, 6.07) is 6.19. The Balaban J connectivity index is 2.34. The van der Waals surface area contributed by atoms with E-state index in [1.54, 1.807) is 0 Å². The van der Waals surface area contributed by atoms with Gasteiger partial charge in [-0.1, -0.05) is 19.4 Å². The molecule has 0 aliphatic carbocycles. The van der Waals surface area contributed by atoms with Crippen LogP contribution in [0.15, 0.2) is 22.6 Å². The van der Waals surface area contributed by atoms with Gasteiger partial charge in [0.1, 0.15) is 5.52 Å². The van der Waals surface area contributed by atoms with Gasteiger partial charge in [0.25, 0.3) is 0 Å². The second kappa shape index (κ2) is 4.45. The molecular formula is C12H16N2O. The highest BCUT2D eigenvalue weighted by atomic mass is 16.3. The molecule has 15 heavy (non-hydrogen) atoms. The van der Waals surface area contributed by atoms with Crippen LogP contribution in [-0.4, -0.2) is 11.5 Å². The first-order valence-electron chi connectivity index (χ1n) is 5.42. The van der Waals surface area contributed by atoms with E-state index in [4.69, 9.17) is 10.2 Å². The van der Waals surface area contributed by atoms with Gasteiger partial charge >= 0.3 is 0 Å². The first-order chi connectivity index (χ1) is 7.33. The van der Waals surface area contributed by atoms with Crippen molar-refractivity contribution < 1.29 is 4.42 Å². The number of aryl methyl sites for hydroxylation is 1. The molecular weight excluding hydrogens is 188 g/mol. The summed E-state index contributed by atoms with van der Waals surface area (Å²) in [6.07, 6.45) is 2.95. The molecule has 1 aromatic carbocycles. The Morgan fingerprint density at radius 1 is 1.33 bits per heavy atom. The Bertz CT molecular complexity index is 444. The molecule has 3 nitrogen and oxygen atoms in total. The molecule has 0 amide bonds. The molecule has 2 N–H and O–H groups in total. The number of fused-ring (bicyclic) bond motifs is 1. The summed E-state index contributed by atoms with van der Waals surface area (Å²) >= 11 is 0. The third kappa shape index (κ3) is 2.18. The maximum Gasteiger partial charge on any atom is 0.196 e. The number of aromatic nitrogens is 1. The predicted octanol–water partition coefficient (Wildman–Crippen LogP) is 2.28. The Morgan fingerprint density at radius 3 is 2.93 bits per heavy atom. The van der Waals surface area contributed by atoms with Crippen molar-refractivity contribution in [3.63, 3.8) is 0 Å². The minimum absolute atomic E-state index is 0.578. The summed E-state index contributed by atoms with van der Waals surface area (Å²) in [4.78, 5) is 4.40. The maximum absolute atomic E-state index is 5.55. The van der Waals surface area contributed by atoms with Gasteiger partial charge in [0.05, 0.1) is 0 Å². The van der Waals surface area contributed by atoms with E-state index in [1.807, 2.05) is 6.07 Å². The van der Waals surface area contributed by atoms with E-state index < -0.39 is 0 Å². The maximum atomic E-state index is 5.55. The molecule has 2 rings (SSSR count). The van der Waals surface area contributed by atoms with Gasteiger partial charge in [0.15, 0.2) is 11.5 Å². The van der Waals surface area contributed by atoms with Crippen LogP contribution in [0.4, 0.5) is 0 Å². The molecule has 0 unspecified atom stereocenters. The van der Waals surface area contributed by atoms with Crippen molar-refractivity contribution in [3.05, 3.63) is 29.7 Å². The smallest absolute Gasteiger partial charge is 0.196 e. The molecule has 80 valence electrons. The number of rotatable bonds is 4. The zero-order valence-corrected chi connectivity index (χ0v) is 8.99.